The van der Waals surface area contributed by atoms with Gasteiger partial charge in [0.1, 0.15) is 16.4 Å². The zero-order valence-corrected chi connectivity index (χ0v) is 13.7. The highest BCUT2D eigenvalue weighted by molar-refractivity contribution is 7.89. The molecule has 0 aromatic heterocycles. The average molecular weight is 342 g/mol. The van der Waals surface area contributed by atoms with Crippen molar-refractivity contribution in [1.82, 2.24) is 4.72 Å². The highest BCUT2D eigenvalue weighted by atomic mass is 35.5. The van der Waals surface area contributed by atoms with Gasteiger partial charge >= 0.3 is 0 Å². The van der Waals surface area contributed by atoms with Crippen LogP contribution in [0.5, 0.6) is 11.5 Å². The van der Waals surface area contributed by atoms with Gasteiger partial charge in [-0.3, -0.25) is 0 Å². The molecule has 0 saturated heterocycles. The summed E-state index contributed by atoms with van der Waals surface area (Å²) in [6, 6.07) is 11.6. The monoisotopic (exact) mass is 341 g/mol. The first-order valence-corrected chi connectivity index (χ1v) is 8.28. The molecule has 0 aliphatic carbocycles. The van der Waals surface area contributed by atoms with Crippen molar-refractivity contribution >= 4 is 21.6 Å². The Bertz CT molecular complexity index is 762. The van der Waals surface area contributed by atoms with Gasteiger partial charge in [-0.25, -0.2) is 13.1 Å². The number of methoxy groups -OCH3 is 2. The van der Waals surface area contributed by atoms with E-state index in [0.717, 1.165) is 5.56 Å². The first-order valence-electron chi connectivity index (χ1n) is 6.42. The summed E-state index contributed by atoms with van der Waals surface area (Å²) in [5, 5.41) is 0.552. The van der Waals surface area contributed by atoms with Crippen LogP contribution in [-0.4, -0.2) is 22.6 Å². The van der Waals surface area contributed by atoms with E-state index >= 15 is 0 Å². The fourth-order valence-corrected chi connectivity index (χ4v) is 3.31. The zero-order chi connectivity index (χ0) is 16.2. The normalized spacial score (nSPS) is 11.2. The number of sulfonamides is 1. The minimum absolute atomic E-state index is 0.0244. The van der Waals surface area contributed by atoms with Crippen LogP contribution in [0.2, 0.25) is 5.02 Å². The van der Waals surface area contributed by atoms with Crippen molar-refractivity contribution in [2.24, 2.45) is 0 Å². The number of nitrogens with one attached hydrogen (secondary N) is 1. The maximum atomic E-state index is 12.5. The van der Waals surface area contributed by atoms with Crippen molar-refractivity contribution in [3.05, 3.63) is 53.1 Å². The highest BCUT2D eigenvalue weighted by Gasteiger charge is 2.20. The lowest BCUT2D eigenvalue weighted by atomic mass is 10.2. The van der Waals surface area contributed by atoms with Gasteiger partial charge in [-0.2, -0.15) is 0 Å². The summed E-state index contributed by atoms with van der Waals surface area (Å²) in [7, 11) is -0.860. The van der Waals surface area contributed by atoms with E-state index in [2.05, 4.69) is 4.72 Å². The van der Waals surface area contributed by atoms with E-state index in [4.69, 9.17) is 21.1 Å². The van der Waals surface area contributed by atoms with E-state index in [1.807, 2.05) is 0 Å². The molecular formula is C15H16ClNO4S. The van der Waals surface area contributed by atoms with E-state index < -0.39 is 10.0 Å². The van der Waals surface area contributed by atoms with Crippen LogP contribution in [-0.2, 0) is 16.6 Å². The van der Waals surface area contributed by atoms with Crippen molar-refractivity contribution in [1.29, 1.82) is 0 Å². The molecule has 0 spiro atoms. The number of benzene rings is 2. The van der Waals surface area contributed by atoms with Gasteiger partial charge in [0.2, 0.25) is 10.0 Å². The number of rotatable bonds is 6. The first-order chi connectivity index (χ1) is 10.5. The van der Waals surface area contributed by atoms with Gasteiger partial charge in [0.15, 0.2) is 0 Å². The maximum absolute atomic E-state index is 12.5. The fourth-order valence-electron chi connectivity index (χ4n) is 1.90. The standard InChI is InChI=1S/C15H16ClNO4S/c1-20-13-6-7-14(21-2)15(9-13)22(18,19)17-10-11-4-3-5-12(16)8-11/h3-9,17H,10H2,1-2H3. The van der Waals surface area contributed by atoms with Gasteiger partial charge in [0.25, 0.3) is 0 Å². The summed E-state index contributed by atoms with van der Waals surface area (Å²) in [6.07, 6.45) is 0. The number of ether oxygens (including phenoxy) is 2. The molecule has 0 atom stereocenters. The Hall–Kier alpha value is -1.76. The molecule has 0 saturated carbocycles. The Labute approximate surface area is 134 Å². The highest BCUT2D eigenvalue weighted by Crippen LogP contribution is 2.28. The van der Waals surface area contributed by atoms with E-state index in [1.54, 1.807) is 36.4 Å². The summed E-state index contributed by atoms with van der Waals surface area (Å²) >= 11 is 5.89. The second-order valence-electron chi connectivity index (χ2n) is 4.47. The molecule has 1 N–H and O–H groups in total. The lowest BCUT2D eigenvalue weighted by Gasteiger charge is -2.12. The minimum atomic E-state index is -3.74. The quantitative estimate of drug-likeness (QED) is 0.877. The molecule has 2 rings (SSSR count). The molecule has 0 fully saturated rings. The van der Waals surface area contributed by atoms with Crippen LogP contribution < -0.4 is 14.2 Å². The van der Waals surface area contributed by atoms with Crippen molar-refractivity contribution in [3.8, 4) is 11.5 Å². The smallest absolute Gasteiger partial charge is 0.244 e. The number of hydrogen-bond acceptors (Lipinski definition) is 4. The fraction of sp³-hybridized carbons (Fsp3) is 0.200. The molecule has 2 aromatic rings. The van der Waals surface area contributed by atoms with Gasteiger partial charge in [0, 0.05) is 17.6 Å². The maximum Gasteiger partial charge on any atom is 0.244 e. The molecule has 0 aliphatic rings. The summed E-state index contributed by atoms with van der Waals surface area (Å²) in [5.41, 5.74) is 0.762. The van der Waals surface area contributed by atoms with Gasteiger partial charge in [-0.1, -0.05) is 23.7 Å². The minimum Gasteiger partial charge on any atom is -0.497 e. The first kappa shape index (κ1) is 16.6. The predicted octanol–water partition coefficient (Wildman–Crippen LogP) is 2.84. The molecule has 7 heteroatoms. The second kappa shape index (κ2) is 7.00. The molecule has 5 nitrogen and oxygen atoms in total. The van der Waals surface area contributed by atoms with Gasteiger partial charge in [-0.15, -0.1) is 0 Å². The van der Waals surface area contributed by atoms with Crippen LogP contribution in [0.3, 0.4) is 0 Å². The molecule has 0 amide bonds. The van der Waals surface area contributed by atoms with Crippen molar-refractivity contribution in [2.75, 3.05) is 14.2 Å². The lowest BCUT2D eigenvalue weighted by Crippen LogP contribution is -2.23. The largest absolute Gasteiger partial charge is 0.497 e. The van der Waals surface area contributed by atoms with Crippen molar-refractivity contribution in [3.63, 3.8) is 0 Å². The third-order valence-corrected chi connectivity index (χ3v) is 4.67. The Kier molecular flexibility index (Phi) is 5.28. The third-order valence-electron chi connectivity index (χ3n) is 3.02. The molecule has 0 bridgehead atoms. The lowest BCUT2D eigenvalue weighted by molar-refractivity contribution is 0.392. The van der Waals surface area contributed by atoms with Crippen LogP contribution in [0.25, 0.3) is 0 Å². The molecule has 0 aliphatic heterocycles. The van der Waals surface area contributed by atoms with Crippen LogP contribution in [0.4, 0.5) is 0 Å². The van der Waals surface area contributed by atoms with Gasteiger partial charge in [0.05, 0.1) is 14.2 Å². The average Bonchev–Trinajstić information content (AvgIpc) is 2.52. The molecular weight excluding hydrogens is 326 g/mol. The predicted molar refractivity (Wildman–Crippen MR) is 85.0 cm³/mol. The van der Waals surface area contributed by atoms with Crippen molar-refractivity contribution < 1.29 is 17.9 Å². The number of halogens is 1. The molecule has 118 valence electrons. The molecule has 2 aromatic carbocycles. The SMILES string of the molecule is COc1ccc(OC)c(S(=O)(=O)NCc2cccc(Cl)c2)c1. The summed E-state index contributed by atoms with van der Waals surface area (Å²) in [6.45, 7) is 0.128. The van der Waals surface area contributed by atoms with Gasteiger partial charge < -0.3 is 9.47 Å². The summed E-state index contributed by atoms with van der Waals surface area (Å²) < 4.78 is 37.6. The van der Waals surface area contributed by atoms with Crippen LogP contribution in [0.15, 0.2) is 47.4 Å². The zero-order valence-electron chi connectivity index (χ0n) is 12.2. The molecule has 0 unspecified atom stereocenters. The Morgan fingerprint density at radius 2 is 1.86 bits per heavy atom. The topological polar surface area (TPSA) is 64.6 Å². The van der Waals surface area contributed by atoms with E-state index in [0.29, 0.717) is 10.8 Å². The number of hydrogen-bond donors (Lipinski definition) is 1. The summed E-state index contributed by atoms with van der Waals surface area (Å²) in [4.78, 5) is 0.0244. The van der Waals surface area contributed by atoms with Crippen molar-refractivity contribution in [2.45, 2.75) is 11.4 Å². The second-order valence-corrected chi connectivity index (χ2v) is 6.64. The summed E-state index contributed by atoms with van der Waals surface area (Å²) in [5.74, 6) is 0.684. The Morgan fingerprint density at radius 3 is 2.50 bits per heavy atom. The van der Waals surface area contributed by atoms with E-state index in [1.165, 1.54) is 20.3 Å². The van der Waals surface area contributed by atoms with Crippen LogP contribution in [0.1, 0.15) is 5.56 Å². The molecule has 0 radical (unpaired) electrons. The Morgan fingerprint density at radius 1 is 1.09 bits per heavy atom. The van der Waals surface area contributed by atoms with Gasteiger partial charge in [-0.05, 0) is 29.8 Å². The van der Waals surface area contributed by atoms with Crippen LogP contribution >= 0.6 is 11.6 Å². The van der Waals surface area contributed by atoms with E-state index in [-0.39, 0.29) is 17.2 Å². The van der Waals surface area contributed by atoms with E-state index in [9.17, 15) is 8.42 Å². The Balaban J connectivity index is 2.26. The molecule has 0 heterocycles. The third kappa shape index (κ3) is 3.91. The van der Waals surface area contributed by atoms with Crippen LogP contribution in [0, 0.1) is 0 Å². The molecule has 22 heavy (non-hydrogen) atoms.